The molecule has 0 saturated carbocycles. The van der Waals surface area contributed by atoms with Crippen LogP contribution in [0.15, 0.2) is 0 Å². The van der Waals surface area contributed by atoms with E-state index in [4.69, 9.17) is 11.0 Å². The van der Waals surface area contributed by atoms with Gasteiger partial charge in [0.15, 0.2) is 0 Å². The minimum absolute atomic E-state index is 0.0688. The summed E-state index contributed by atoms with van der Waals surface area (Å²) in [6, 6.07) is 1.52. The molecule has 0 aromatic heterocycles. The Kier molecular flexibility index (Phi) is 6.72. The molecule has 3 N–H and O–H groups in total. The Bertz CT molecular complexity index is 232. The Morgan fingerprint density at radius 3 is 2.53 bits per heavy atom. The largest absolute Gasteiger partial charge is 0.351 e. The first-order chi connectivity index (χ1) is 7.01. The average Bonchev–Trinajstić information content (AvgIpc) is 2.15. The van der Waals surface area contributed by atoms with Crippen molar-refractivity contribution in [3.8, 4) is 6.07 Å². The second-order valence-corrected chi connectivity index (χ2v) is 4.21. The molecule has 0 spiro atoms. The van der Waals surface area contributed by atoms with Gasteiger partial charge in [0.2, 0.25) is 5.91 Å². The quantitative estimate of drug-likeness (QED) is 0.692. The average molecular weight is 211 g/mol. The lowest BCUT2D eigenvalue weighted by molar-refractivity contribution is -0.123. The van der Waals surface area contributed by atoms with Crippen molar-refractivity contribution in [2.24, 2.45) is 11.7 Å². The number of hydrogen-bond acceptors (Lipinski definition) is 3. The lowest BCUT2D eigenvalue weighted by Crippen LogP contribution is -2.45. The van der Waals surface area contributed by atoms with E-state index in [0.717, 1.165) is 6.42 Å². The Balaban J connectivity index is 4.05. The van der Waals surface area contributed by atoms with Gasteiger partial charge in [-0.05, 0) is 18.8 Å². The molecule has 0 aromatic carbocycles. The van der Waals surface area contributed by atoms with Gasteiger partial charge in [0.05, 0.1) is 18.5 Å². The summed E-state index contributed by atoms with van der Waals surface area (Å²) in [5.74, 6) is 0.257. The van der Waals surface area contributed by atoms with Crippen LogP contribution in [0.25, 0.3) is 0 Å². The van der Waals surface area contributed by atoms with Crippen LogP contribution in [0.5, 0.6) is 0 Å². The number of amides is 1. The van der Waals surface area contributed by atoms with E-state index >= 15 is 0 Å². The van der Waals surface area contributed by atoms with Gasteiger partial charge in [0.25, 0.3) is 0 Å². The van der Waals surface area contributed by atoms with Gasteiger partial charge in [-0.1, -0.05) is 20.8 Å². The van der Waals surface area contributed by atoms with Crippen molar-refractivity contribution in [2.75, 3.05) is 0 Å². The van der Waals surface area contributed by atoms with Gasteiger partial charge in [-0.3, -0.25) is 4.79 Å². The molecule has 1 amide bonds. The SMILES string of the molecule is CCC(CC#N)NC(=O)C(N)CC(C)C. The molecule has 0 aromatic rings. The number of rotatable bonds is 6. The third-order valence-electron chi connectivity index (χ3n) is 2.24. The maximum absolute atomic E-state index is 11.6. The highest BCUT2D eigenvalue weighted by Crippen LogP contribution is 2.04. The van der Waals surface area contributed by atoms with E-state index in [1.165, 1.54) is 0 Å². The molecule has 4 heteroatoms. The Morgan fingerprint density at radius 2 is 2.13 bits per heavy atom. The van der Waals surface area contributed by atoms with Gasteiger partial charge in [-0.2, -0.15) is 5.26 Å². The van der Waals surface area contributed by atoms with Gasteiger partial charge in [-0.25, -0.2) is 0 Å². The van der Waals surface area contributed by atoms with Crippen LogP contribution in [0.4, 0.5) is 0 Å². The van der Waals surface area contributed by atoms with Crippen LogP contribution in [0, 0.1) is 17.2 Å². The predicted molar refractivity (Wildman–Crippen MR) is 59.9 cm³/mol. The predicted octanol–water partition coefficient (Wildman–Crippen LogP) is 1.17. The number of carbonyl (C=O) groups excluding carboxylic acids is 1. The van der Waals surface area contributed by atoms with Crippen molar-refractivity contribution in [2.45, 2.75) is 52.1 Å². The molecular weight excluding hydrogens is 190 g/mol. The summed E-state index contributed by atoms with van der Waals surface area (Å²) in [4.78, 5) is 11.6. The summed E-state index contributed by atoms with van der Waals surface area (Å²) in [7, 11) is 0. The normalized spacial score (nSPS) is 14.4. The van der Waals surface area contributed by atoms with Crippen LogP contribution in [0.3, 0.4) is 0 Å². The monoisotopic (exact) mass is 211 g/mol. The zero-order valence-electron chi connectivity index (χ0n) is 9.79. The molecule has 0 aliphatic rings. The minimum Gasteiger partial charge on any atom is -0.351 e. The van der Waals surface area contributed by atoms with Gasteiger partial charge in [0, 0.05) is 6.04 Å². The molecule has 0 radical (unpaired) electrons. The summed E-state index contributed by atoms with van der Waals surface area (Å²) in [5.41, 5.74) is 5.72. The molecule has 0 rings (SSSR count). The summed E-state index contributed by atoms with van der Waals surface area (Å²) < 4.78 is 0. The molecule has 0 saturated heterocycles. The van der Waals surface area contributed by atoms with Crippen LogP contribution in [-0.2, 0) is 4.79 Å². The standard InChI is InChI=1S/C11H21N3O/c1-4-9(5-6-12)14-11(15)10(13)7-8(2)3/h8-10H,4-5,7,13H2,1-3H3,(H,14,15). The number of nitrogens with two attached hydrogens (primary N) is 1. The fourth-order valence-corrected chi connectivity index (χ4v) is 1.33. The number of nitrogens with zero attached hydrogens (tertiary/aromatic N) is 1. The van der Waals surface area contributed by atoms with E-state index in [1.54, 1.807) is 0 Å². The van der Waals surface area contributed by atoms with Crippen LogP contribution in [-0.4, -0.2) is 18.0 Å². The highest BCUT2D eigenvalue weighted by atomic mass is 16.2. The van der Waals surface area contributed by atoms with E-state index < -0.39 is 6.04 Å². The Labute approximate surface area is 91.8 Å². The summed E-state index contributed by atoms with van der Waals surface area (Å²) in [6.45, 7) is 6.00. The molecule has 0 aliphatic heterocycles. The van der Waals surface area contributed by atoms with Gasteiger partial charge >= 0.3 is 0 Å². The Morgan fingerprint density at radius 1 is 1.53 bits per heavy atom. The fourth-order valence-electron chi connectivity index (χ4n) is 1.33. The van der Waals surface area contributed by atoms with Crippen LogP contribution in [0.1, 0.15) is 40.0 Å². The maximum atomic E-state index is 11.6. The smallest absolute Gasteiger partial charge is 0.237 e. The molecule has 15 heavy (non-hydrogen) atoms. The summed E-state index contributed by atoms with van der Waals surface area (Å²) >= 11 is 0. The van der Waals surface area contributed by atoms with Crippen molar-refractivity contribution in [1.82, 2.24) is 5.32 Å². The third-order valence-corrected chi connectivity index (χ3v) is 2.24. The second-order valence-electron chi connectivity index (χ2n) is 4.21. The van der Waals surface area contributed by atoms with Crippen molar-refractivity contribution >= 4 is 5.91 Å². The molecule has 0 heterocycles. The molecule has 2 unspecified atom stereocenters. The lowest BCUT2D eigenvalue weighted by atomic mass is 10.0. The first kappa shape index (κ1) is 13.9. The van der Waals surface area contributed by atoms with E-state index in [-0.39, 0.29) is 11.9 Å². The topological polar surface area (TPSA) is 78.9 Å². The first-order valence-corrected chi connectivity index (χ1v) is 5.44. The highest BCUT2D eigenvalue weighted by molar-refractivity contribution is 5.81. The number of carbonyl (C=O) groups is 1. The van der Waals surface area contributed by atoms with E-state index in [1.807, 2.05) is 26.8 Å². The van der Waals surface area contributed by atoms with Crippen LogP contribution < -0.4 is 11.1 Å². The summed E-state index contributed by atoms with van der Waals surface area (Å²) in [5, 5.41) is 11.3. The highest BCUT2D eigenvalue weighted by Gasteiger charge is 2.17. The van der Waals surface area contributed by atoms with Crippen molar-refractivity contribution < 1.29 is 4.79 Å². The van der Waals surface area contributed by atoms with Crippen LogP contribution in [0.2, 0.25) is 0 Å². The van der Waals surface area contributed by atoms with Crippen molar-refractivity contribution in [1.29, 1.82) is 5.26 Å². The van der Waals surface area contributed by atoms with Crippen molar-refractivity contribution in [3.63, 3.8) is 0 Å². The molecular formula is C11H21N3O. The second kappa shape index (κ2) is 7.24. The molecule has 0 fully saturated rings. The van der Waals surface area contributed by atoms with Crippen molar-refractivity contribution in [3.05, 3.63) is 0 Å². The molecule has 86 valence electrons. The molecule has 0 bridgehead atoms. The van der Waals surface area contributed by atoms with E-state index in [0.29, 0.717) is 18.8 Å². The zero-order valence-corrected chi connectivity index (χ0v) is 9.79. The molecule has 4 nitrogen and oxygen atoms in total. The first-order valence-electron chi connectivity index (χ1n) is 5.44. The van der Waals surface area contributed by atoms with Crippen LogP contribution >= 0.6 is 0 Å². The van der Waals surface area contributed by atoms with E-state index in [9.17, 15) is 4.79 Å². The fraction of sp³-hybridized carbons (Fsp3) is 0.818. The van der Waals surface area contributed by atoms with Gasteiger partial charge < -0.3 is 11.1 Å². The molecule has 2 atom stereocenters. The minimum atomic E-state index is -0.460. The van der Waals surface area contributed by atoms with Gasteiger partial charge in [0.1, 0.15) is 0 Å². The van der Waals surface area contributed by atoms with E-state index in [2.05, 4.69) is 5.32 Å². The molecule has 0 aliphatic carbocycles. The number of hydrogen-bond donors (Lipinski definition) is 2. The summed E-state index contributed by atoms with van der Waals surface area (Å²) in [6.07, 6.45) is 1.78. The lowest BCUT2D eigenvalue weighted by Gasteiger charge is -2.18. The zero-order chi connectivity index (χ0) is 11.8. The third kappa shape index (κ3) is 6.08. The maximum Gasteiger partial charge on any atom is 0.237 e. The van der Waals surface area contributed by atoms with Gasteiger partial charge in [-0.15, -0.1) is 0 Å². The number of nitriles is 1. The Hall–Kier alpha value is -1.08. The number of nitrogens with one attached hydrogen (secondary N) is 1.